The third-order valence-corrected chi connectivity index (χ3v) is 2.97. The highest BCUT2D eigenvalue weighted by molar-refractivity contribution is 5.90. The van der Waals surface area contributed by atoms with Crippen LogP contribution in [0.5, 0.6) is 0 Å². The molecule has 8 heteroatoms. The fraction of sp³-hybridized carbons (Fsp3) is 0.692. The number of carbonyl (C=O) groups excluding carboxylic acids is 4. The van der Waals surface area contributed by atoms with E-state index in [1.807, 2.05) is 0 Å². The molecule has 0 rings (SSSR count). The molecule has 0 saturated heterocycles. The van der Waals surface area contributed by atoms with Gasteiger partial charge in [-0.05, 0) is 25.7 Å². The van der Waals surface area contributed by atoms with Gasteiger partial charge in [-0.25, -0.2) is 4.79 Å². The molecule has 0 aromatic carbocycles. The number of ketones is 1. The molecule has 0 aromatic rings. The Hall–Kier alpha value is -2.12. The van der Waals surface area contributed by atoms with Crippen LogP contribution in [0.2, 0.25) is 0 Å². The van der Waals surface area contributed by atoms with Crippen LogP contribution < -0.4 is 21.7 Å². The Labute approximate surface area is 124 Å². The van der Waals surface area contributed by atoms with Gasteiger partial charge in [-0.15, -0.1) is 0 Å². The van der Waals surface area contributed by atoms with E-state index in [0.717, 1.165) is 0 Å². The molecule has 0 spiro atoms. The number of primary amides is 1. The lowest BCUT2D eigenvalue weighted by Gasteiger charge is -2.23. The summed E-state index contributed by atoms with van der Waals surface area (Å²) in [6.07, 6.45) is 1.35. The van der Waals surface area contributed by atoms with Gasteiger partial charge in [-0.1, -0.05) is 13.8 Å². The van der Waals surface area contributed by atoms with Crippen LogP contribution in [0.1, 0.15) is 33.6 Å². The maximum atomic E-state index is 12.1. The average Bonchev–Trinajstić information content (AvgIpc) is 2.38. The van der Waals surface area contributed by atoms with Gasteiger partial charge in [0.1, 0.15) is 6.04 Å². The molecule has 0 aliphatic carbocycles. The lowest BCUT2D eigenvalue weighted by atomic mass is 10.0. The van der Waals surface area contributed by atoms with Crippen molar-refractivity contribution in [3.63, 3.8) is 0 Å². The van der Waals surface area contributed by atoms with E-state index in [1.54, 1.807) is 13.8 Å². The van der Waals surface area contributed by atoms with Crippen LogP contribution >= 0.6 is 0 Å². The molecule has 5 N–H and O–H groups in total. The summed E-state index contributed by atoms with van der Waals surface area (Å²) >= 11 is 0. The van der Waals surface area contributed by atoms with Gasteiger partial charge in [0.05, 0.1) is 6.04 Å². The van der Waals surface area contributed by atoms with Crippen molar-refractivity contribution in [3.05, 3.63) is 0 Å². The number of carbonyl (C=O) groups is 4. The molecule has 0 fully saturated rings. The Morgan fingerprint density at radius 2 is 1.86 bits per heavy atom. The van der Waals surface area contributed by atoms with Gasteiger partial charge < -0.3 is 21.7 Å². The van der Waals surface area contributed by atoms with Crippen LogP contribution in [0.3, 0.4) is 0 Å². The number of Topliss-reactive ketones (excluding diaryl/α,β-unsaturated/α-hetero) is 1. The molecule has 120 valence electrons. The summed E-state index contributed by atoms with van der Waals surface area (Å²) in [5.41, 5.74) is 4.93. The van der Waals surface area contributed by atoms with E-state index >= 15 is 0 Å². The minimum absolute atomic E-state index is 0.0978. The number of hydrogen-bond donors (Lipinski definition) is 4. The molecule has 1 unspecified atom stereocenters. The highest BCUT2D eigenvalue weighted by atomic mass is 16.2. The van der Waals surface area contributed by atoms with Crippen LogP contribution in [0.15, 0.2) is 0 Å². The molecule has 8 nitrogen and oxygen atoms in total. The monoisotopic (exact) mass is 300 g/mol. The van der Waals surface area contributed by atoms with Crippen molar-refractivity contribution in [1.82, 2.24) is 16.0 Å². The maximum absolute atomic E-state index is 12.1. The summed E-state index contributed by atoms with van der Waals surface area (Å²) in [7, 11) is 0. The van der Waals surface area contributed by atoms with Gasteiger partial charge in [0.15, 0.2) is 5.78 Å². The summed E-state index contributed by atoms with van der Waals surface area (Å²) in [6.45, 7) is 5.29. The van der Waals surface area contributed by atoms with Crippen molar-refractivity contribution in [1.29, 1.82) is 0 Å². The lowest BCUT2D eigenvalue weighted by molar-refractivity contribution is -0.130. The smallest absolute Gasteiger partial charge is 0.312 e. The van der Waals surface area contributed by atoms with Gasteiger partial charge >= 0.3 is 6.03 Å². The van der Waals surface area contributed by atoms with Crippen LogP contribution in [0, 0.1) is 5.92 Å². The minimum atomic E-state index is -0.687. The summed E-state index contributed by atoms with van der Waals surface area (Å²) in [5.74, 6) is -0.685. The zero-order valence-corrected chi connectivity index (χ0v) is 12.6. The van der Waals surface area contributed by atoms with Crippen molar-refractivity contribution in [3.8, 4) is 0 Å². The number of urea groups is 1. The molecule has 4 amide bonds. The Kier molecular flexibility index (Phi) is 8.75. The topological polar surface area (TPSA) is 130 Å². The number of nitrogens with two attached hydrogens (primary N) is 1. The van der Waals surface area contributed by atoms with Crippen LogP contribution in [0.25, 0.3) is 0 Å². The van der Waals surface area contributed by atoms with E-state index in [4.69, 9.17) is 5.73 Å². The average molecular weight is 300 g/mol. The second kappa shape index (κ2) is 9.73. The summed E-state index contributed by atoms with van der Waals surface area (Å²) in [6, 6.07) is -1.97. The van der Waals surface area contributed by atoms with E-state index < -0.39 is 24.0 Å². The van der Waals surface area contributed by atoms with Crippen LogP contribution in [-0.4, -0.2) is 42.8 Å². The minimum Gasteiger partial charge on any atom is -0.352 e. The standard InChI is InChI=1S/C13H24N4O4/c1-8(2)11(16-7-18)12(20)17-10(9(3)19)5-4-6-15-13(14)21/h7-8,10-11H,4-6H2,1-3H3,(H,16,18)(H,17,20)(H3,14,15,21)/t10-,11?/m0/s1. The Balaban J connectivity index is 4.47. The molecule has 2 atom stereocenters. The molecule has 0 bridgehead atoms. The fourth-order valence-corrected chi connectivity index (χ4v) is 1.80. The first-order valence-electron chi connectivity index (χ1n) is 6.83. The molecular formula is C13H24N4O4. The largest absolute Gasteiger partial charge is 0.352 e. The summed E-state index contributed by atoms with van der Waals surface area (Å²) in [4.78, 5) is 44.6. The zero-order valence-electron chi connectivity index (χ0n) is 12.6. The van der Waals surface area contributed by atoms with Crippen molar-refractivity contribution < 1.29 is 19.2 Å². The second-order valence-electron chi connectivity index (χ2n) is 5.11. The van der Waals surface area contributed by atoms with Crippen molar-refractivity contribution in [2.45, 2.75) is 45.7 Å². The predicted octanol–water partition coefficient (Wildman–Crippen LogP) is -0.721. The van der Waals surface area contributed by atoms with E-state index in [9.17, 15) is 19.2 Å². The first-order valence-corrected chi connectivity index (χ1v) is 6.83. The van der Waals surface area contributed by atoms with Crippen molar-refractivity contribution >= 4 is 24.1 Å². The Morgan fingerprint density at radius 1 is 1.24 bits per heavy atom. The highest BCUT2D eigenvalue weighted by Crippen LogP contribution is 2.04. The van der Waals surface area contributed by atoms with E-state index in [1.165, 1.54) is 6.92 Å². The number of rotatable bonds is 10. The van der Waals surface area contributed by atoms with Crippen molar-refractivity contribution in [2.24, 2.45) is 11.7 Å². The van der Waals surface area contributed by atoms with Crippen LogP contribution in [0.4, 0.5) is 4.79 Å². The third-order valence-electron chi connectivity index (χ3n) is 2.97. The SMILES string of the molecule is CC(=O)[C@H](CCCNC(N)=O)NC(=O)C(NC=O)C(C)C. The zero-order chi connectivity index (χ0) is 16.4. The third kappa shape index (κ3) is 7.91. The quantitative estimate of drug-likeness (QED) is 0.313. The molecular weight excluding hydrogens is 276 g/mol. The van der Waals surface area contributed by atoms with Gasteiger partial charge in [-0.2, -0.15) is 0 Å². The van der Waals surface area contributed by atoms with E-state index in [-0.39, 0.29) is 11.7 Å². The first kappa shape index (κ1) is 18.9. The lowest BCUT2D eigenvalue weighted by Crippen LogP contribution is -2.51. The summed E-state index contributed by atoms with van der Waals surface area (Å²) in [5, 5.41) is 7.46. The number of amides is 4. The first-order chi connectivity index (χ1) is 9.79. The van der Waals surface area contributed by atoms with Crippen molar-refractivity contribution in [2.75, 3.05) is 6.54 Å². The predicted molar refractivity (Wildman–Crippen MR) is 77.3 cm³/mol. The number of hydrogen-bond acceptors (Lipinski definition) is 4. The van der Waals surface area contributed by atoms with Gasteiger partial charge in [0, 0.05) is 6.54 Å². The Bertz CT molecular complexity index is 384. The van der Waals surface area contributed by atoms with Gasteiger partial charge in [-0.3, -0.25) is 14.4 Å². The molecule has 0 aromatic heterocycles. The van der Waals surface area contributed by atoms with E-state index in [0.29, 0.717) is 25.8 Å². The molecule has 0 aliphatic rings. The van der Waals surface area contributed by atoms with Gasteiger partial charge in [0.2, 0.25) is 12.3 Å². The molecule has 0 radical (unpaired) electrons. The fourth-order valence-electron chi connectivity index (χ4n) is 1.80. The molecule has 0 heterocycles. The normalized spacial score (nSPS) is 13.1. The summed E-state index contributed by atoms with van der Waals surface area (Å²) < 4.78 is 0. The number of nitrogens with one attached hydrogen (secondary N) is 3. The highest BCUT2D eigenvalue weighted by Gasteiger charge is 2.25. The van der Waals surface area contributed by atoms with Crippen LogP contribution in [-0.2, 0) is 14.4 Å². The molecule has 0 aliphatic heterocycles. The molecule has 21 heavy (non-hydrogen) atoms. The van der Waals surface area contributed by atoms with Gasteiger partial charge in [0.25, 0.3) is 0 Å². The molecule has 0 saturated carbocycles. The second-order valence-corrected chi connectivity index (χ2v) is 5.11. The Morgan fingerprint density at radius 3 is 2.29 bits per heavy atom. The van der Waals surface area contributed by atoms with E-state index in [2.05, 4.69) is 16.0 Å². The maximum Gasteiger partial charge on any atom is 0.312 e.